The van der Waals surface area contributed by atoms with E-state index in [1.165, 1.54) is 11.0 Å². The molecule has 0 aromatic carbocycles. The summed E-state index contributed by atoms with van der Waals surface area (Å²) < 4.78 is 6.45. The van der Waals surface area contributed by atoms with E-state index in [-0.39, 0.29) is 24.8 Å². The predicted octanol–water partition coefficient (Wildman–Crippen LogP) is -1.01. The van der Waals surface area contributed by atoms with Gasteiger partial charge in [-0.25, -0.2) is 9.67 Å². The van der Waals surface area contributed by atoms with Gasteiger partial charge < -0.3 is 14.5 Å². The molecule has 132 valence electrons. The van der Waals surface area contributed by atoms with Crippen LogP contribution in [0.4, 0.5) is 0 Å². The Bertz CT molecular complexity index is 726. The highest BCUT2D eigenvalue weighted by molar-refractivity contribution is 5.80. The Morgan fingerprint density at radius 2 is 1.88 bits per heavy atom. The van der Waals surface area contributed by atoms with Gasteiger partial charge >= 0.3 is 0 Å². The van der Waals surface area contributed by atoms with Crippen LogP contribution in [-0.4, -0.2) is 80.1 Å². The minimum atomic E-state index is -0.0572. The predicted molar refractivity (Wildman–Crippen MR) is 85.5 cm³/mol. The number of carbonyl (C=O) groups is 2. The maximum absolute atomic E-state index is 12.4. The van der Waals surface area contributed by atoms with E-state index < -0.39 is 0 Å². The van der Waals surface area contributed by atoms with Crippen LogP contribution in [0.15, 0.2) is 24.7 Å². The summed E-state index contributed by atoms with van der Waals surface area (Å²) in [5.74, 6) is 0.461. The first-order valence-electron chi connectivity index (χ1n) is 7.91. The van der Waals surface area contributed by atoms with Crippen LogP contribution in [0.5, 0.6) is 5.88 Å². The number of tetrazole rings is 1. The van der Waals surface area contributed by atoms with Gasteiger partial charge in [-0.3, -0.25) is 9.59 Å². The van der Waals surface area contributed by atoms with E-state index in [9.17, 15) is 9.59 Å². The van der Waals surface area contributed by atoms with Crippen LogP contribution in [-0.2, 0) is 22.6 Å². The van der Waals surface area contributed by atoms with Crippen LogP contribution in [0.25, 0.3) is 0 Å². The van der Waals surface area contributed by atoms with Gasteiger partial charge in [-0.15, -0.1) is 5.10 Å². The molecule has 10 heteroatoms. The average Bonchev–Trinajstić information content (AvgIpc) is 3.15. The van der Waals surface area contributed by atoms with Gasteiger partial charge in [0.2, 0.25) is 17.7 Å². The van der Waals surface area contributed by atoms with Crippen molar-refractivity contribution in [3.8, 4) is 5.88 Å². The van der Waals surface area contributed by atoms with E-state index in [0.717, 1.165) is 5.56 Å². The number of aromatic nitrogens is 5. The zero-order valence-electron chi connectivity index (χ0n) is 13.9. The molecular weight excluding hydrogens is 326 g/mol. The lowest BCUT2D eigenvalue weighted by Crippen LogP contribution is -2.51. The van der Waals surface area contributed by atoms with Crippen LogP contribution >= 0.6 is 0 Å². The van der Waals surface area contributed by atoms with E-state index >= 15 is 0 Å². The SMILES string of the molecule is COc1cc(CC(=O)N2CCN(C(=O)Cn3cnnn3)CC2)ccn1. The van der Waals surface area contributed by atoms with Crippen molar-refractivity contribution in [3.05, 3.63) is 30.2 Å². The summed E-state index contributed by atoms with van der Waals surface area (Å²) in [6.45, 7) is 2.15. The van der Waals surface area contributed by atoms with Crippen LogP contribution in [0.1, 0.15) is 5.56 Å². The lowest BCUT2D eigenvalue weighted by molar-refractivity contribution is -0.139. The number of hydrogen-bond acceptors (Lipinski definition) is 7. The monoisotopic (exact) mass is 345 g/mol. The minimum absolute atomic E-state index is 0.0285. The molecule has 0 saturated carbocycles. The summed E-state index contributed by atoms with van der Waals surface area (Å²) in [6.07, 6.45) is 3.31. The van der Waals surface area contributed by atoms with Crippen LogP contribution in [0, 0.1) is 0 Å². The molecule has 0 bridgehead atoms. The van der Waals surface area contributed by atoms with Gasteiger partial charge in [-0.2, -0.15) is 0 Å². The highest BCUT2D eigenvalue weighted by atomic mass is 16.5. The van der Waals surface area contributed by atoms with Crippen molar-refractivity contribution in [1.82, 2.24) is 35.0 Å². The molecule has 1 aliphatic rings. The Hall–Kier alpha value is -3.04. The van der Waals surface area contributed by atoms with Gasteiger partial charge in [-0.1, -0.05) is 0 Å². The molecule has 2 aromatic rings. The van der Waals surface area contributed by atoms with Gasteiger partial charge in [0.1, 0.15) is 12.9 Å². The molecule has 3 heterocycles. The second-order valence-corrected chi connectivity index (χ2v) is 5.65. The Morgan fingerprint density at radius 1 is 1.16 bits per heavy atom. The third kappa shape index (κ3) is 4.28. The van der Waals surface area contributed by atoms with Crippen molar-refractivity contribution in [2.45, 2.75) is 13.0 Å². The average molecular weight is 345 g/mol. The summed E-state index contributed by atoms with van der Waals surface area (Å²) in [4.78, 5) is 32.1. The molecule has 0 radical (unpaired) electrons. The number of rotatable bonds is 5. The van der Waals surface area contributed by atoms with Crippen molar-refractivity contribution in [2.75, 3.05) is 33.3 Å². The van der Waals surface area contributed by atoms with E-state index in [1.54, 1.807) is 35.2 Å². The molecule has 0 spiro atoms. The van der Waals surface area contributed by atoms with Crippen molar-refractivity contribution >= 4 is 11.8 Å². The standard InChI is InChI=1S/C15H19N7O3/c1-25-13-8-12(2-3-16-13)9-14(23)20-4-6-21(7-5-20)15(24)10-22-11-17-18-19-22/h2-3,8,11H,4-7,9-10H2,1H3. The summed E-state index contributed by atoms with van der Waals surface area (Å²) in [7, 11) is 1.54. The zero-order chi connectivity index (χ0) is 17.6. The molecule has 0 atom stereocenters. The molecule has 3 rings (SSSR count). The number of carbonyl (C=O) groups excluding carboxylic acids is 2. The Kier molecular flexibility index (Phi) is 5.17. The fourth-order valence-electron chi connectivity index (χ4n) is 2.66. The van der Waals surface area contributed by atoms with Gasteiger partial charge in [0.15, 0.2) is 0 Å². The molecule has 0 N–H and O–H groups in total. The van der Waals surface area contributed by atoms with E-state index in [1.807, 2.05) is 0 Å². The van der Waals surface area contributed by atoms with Crippen molar-refractivity contribution in [3.63, 3.8) is 0 Å². The molecule has 1 fully saturated rings. The first kappa shape index (κ1) is 16.8. The number of piperazine rings is 1. The quantitative estimate of drug-likeness (QED) is 0.683. The smallest absolute Gasteiger partial charge is 0.244 e. The molecular formula is C15H19N7O3. The Balaban J connectivity index is 1.49. The van der Waals surface area contributed by atoms with Crippen molar-refractivity contribution in [1.29, 1.82) is 0 Å². The molecule has 10 nitrogen and oxygen atoms in total. The fourth-order valence-corrected chi connectivity index (χ4v) is 2.66. The van der Waals surface area contributed by atoms with Crippen molar-refractivity contribution in [2.24, 2.45) is 0 Å². The lowest BCUT2D eigenvalue weighted by atomic mass is 10.1. The van der Waals surface area contributed by atoms with Crippen LogP contribution < -0.4 is 4.74 Å². The van der Waals surface area contributed by atoms with Gasteiger partial charge in [0.05, 0.1) is 13.5 Å². The molecule has 0 unspecified atom stereocenters. The number of amides is 2. The lowest BCUT2D eigenvalue weighted by Gasteiger charge is -2.34. The zero-order valence-corrected chi connectivity index (χ0v) is 13.9. The molecule has 1 aliphatic heterocycles. The molecule has 0 aliphatic carbocycles. The number of pyridine rings is 1. The van der Waals surface area contributed by atoms with Crippen LogP contribution in [0.3, 0.4) is 0 Å². The maximum Gasteiger partial charge on any atom is 0.244 e. The number of nitrogens with zero attached hydrogens (tertiary/aromatic N) is 7. The topological polar surface area (TPSA) is 106 Å². The second-order valence-electron chi connectivity index (χ2n) is 5.65. The Morgan fingerprint density at radius 3 is 2.52 bits per heavy atom. The summed E-state index contributed by atoms with van der Waals surface area (Å²) in [5.41, 5.74) is 0.856. The van der Waals surface area contributed by atoms with Gasteiger partial charge in [0.25, 0.3) is 0 Å². The second kappa shape index (κ2) is 7.69. The normalized spacial score (nSPS) is 14.4. The Labute approximate surface area is 144 Å². The maximum atomic E-state index is 12.4. The molecule has 25 heavy (non-hydrogen) atoms. The van der Waals surface area contributed by atoms with Crippen LogP contribution in [0.2, 0.25) is 0 Å². The van der Waals surface area contributed by atoms with Crippen molar-refractivity contribution < 1.29 is 14.3 Å². The third-order valence-electron chi connectivity index (χ3n) is 4.04. The van der Waals surface area contributed by atoms with E-state index in [4.69, 9.17) is 4.74 Å². The summed E-state index contributed by atoms with van der Waals surface area (Å²) >= 11 is 0. The summed E-state index contributed by atoms with van der Waals surface area (Å²) in [6, 6.07) is 3.55. The van der Waals surface area contributed by atoms with E-state index in [0.29, 0.717) is 32.1 Å². The minimum Gasteiger partial charge on any atom is -0.481 e. The fraction of sp³-hybridized carbons (Fsp3) is 0.467. The first-order chi connectivity index (χ1) is 12.2. The van der Waals surface area contributed by atoms with Gasteiger partial charge in [-0.05, 0) is 22.1 Å². The number of methoxy groups -OCH3 is 1. The molecule has 1 saturated heterocycles. The molecule has 2 aromatic heterocycles. The number of ether oxygens (including phenoxy) is 1. The third-order valence-corrected chi connectivity index (χ3v) is 4.04. The largest absolute Gasteiger partial charge is 0.481 e. The number of hydrogen-bond donors (Lipinski definition) is 0. The summed E-state index contributed by atoms with van der Waals surface area (Å²) in [5, 5.41) is 10.7. The van der Waals surface area contributed by atoms with E-state index in [2.05, 4.69) is 20.5 Å². The molecule has 2 amide bonds. The highest BCUT2D eigenvalue weighted by Crippen LogP contribution is 2.11. The highest BCUT2D eigenvalue weighted by Gasteiger charge is 2.24. The van der Waals surface area contributed by atoms with Gasteiger partial charge in [0, 0.05) is 38.4 Å². The first-order valence-corrected chi connectivity index (χ1v) is 7.91.